The van der Waals surface area contributed by atoms with Gasteiger partial charge in [0.2, 0.25) is 0 Å². The molecule has 0 fully saturated rings. The number of nitrogens with one attached hydrogen (secondary N) is 2. The summed E-state index contributed by atoms with van der Waals surface area (Å²) in [5.74, 6) is 0.669. The minimum absolute atomic E-state index is 0.0279. The summed E-state index contributed by atoms with van der Waals surface area (Å²) >= 11 is 1.51. The number of carbonyl (C=O) groups excluding carboxylic acids is 1. The molecule has 31 heavy (non-hydrogen) atoms. The predicted molar refractivity (Wildman–Crippen MR) is 123 cm³/mol. The summed E-state index contributed by atoms with van der Waals surface area (Å²) in [5.41, 5.74) is 5.18. The van der Waals surface area contributed by atoms with Crippen molar-refractivity contribution >= 4 is 34.5 Å². The van der Waals surface area contributed by atoms with Gasteiger partial charge in [0, 0.05) is 33.6 Å². The molecular formula is C25H21N3O2S. The number of rotatable bonds is 4. The zero-order valence-corrected chi connectivity index (χ0v) is 18.3. The first-order valence-corrected chi connectivity index (χ1v) is 10.9. The van der Waals surface area contributed by atoms with Gasteiger partial charge in [-0.15, -0.1) is 0 Å². The largest absolute Gasteiger partial charge is 0.494 e. The lowest BCUT2D eigenvalue weighted by Crippen LogP contribution is -2.24. The number of aryl methyl sites for hydroxylation is 2. The lowest BCUT2D eigenvalue weighted by Gasteiger charge is -2.01. The van der Waals surface area contributed by atoms with E-state index < -0.39 is 0 Å². The van der Waals surface area contributed by atoms with Gasteiger partial charge in [-0.05, 0) is 49.1 Å². The molecule has 3 aromatic heterocycles. The van der Waals surface area contributed by atoms with Crippen LogP contribution in [0.2, 0.25) is 0 Å². The third-order valence-electron chi connectivity index (χ3n) is 5.42. The molecule has 4 heterocycles. The van der Waals surface area contributed by atoms with Crippen LogP contribution < -0.4 is 26.0 Å². The first kappa shape index (κ1) is 19.3. The van der Waals surface area contributed by atoms with Crippen LogP contribution in [0.5, 0.6) is 5.75 Å². The number of methoxy groups -OCH3 is 1. The van der Waals surface area contributed by atoms with E-state index in [9.17, 15) is 4.79 Å². The molecule has 0 radical (unpaired) electrons. The third-order valence-corrected chi connectivity index (χ3v) is 6.10. The SMILES string of the molecule is COc1c/c(=C2/N=c3ccccc3=C2C(=O)c2ccsc2)[nH]c1=Cc1[nH]c(C)cc1C. The normalized spacial score (nSPS) is 15.2. The highest BCUT2D eigenvalue weighted by Crippen LogP contribution is 2.21. The number of carbonyl (C=O) groups is 1. The van der Waals surface area contributed by atoms with Crippen molar-refractivity contribution in [2.24, 2.45) is 4.99 Å². The number of Topliss-reactive ketones (excluding diaryl/α,β-unsaturated/α-hetero) is 1. The highest BCUT2D eigenvalue weighted by molar-refractivity contribution is 7.08. The minimum Gasteiger partial charge on any atom is -0.494 e. The van der Waals surface area contributed by atoms with Gasteiger partial charge in [0.1, 0.15) is 5.75 Å². The molecule has 0 amide bonds. The van der Waals surface area contributed by atoms with Crippen LogP contribution in [-0.2, 0) is 0 Å². The van der Waals surface area contributed by atoms with Crippen molar-refractivity contribution < 1.29 is 9.53 Å². The lowest BCUT2D eigenvalue weighted by atomic mass is 10.0. The molecular weight excluding hydrogens is 406 g/mol. The quantitative estimate of drug-likeness (QED) is 0.491. The molecule has 0 unspecified atom stereocenters. The summed E-state index contributed by atoms with van der Waals surface area (Å²) in [4.78, 5) is 25.0. The molecule has 1 aliphatic rings. The van der Waals surface area contributed by atoms with Crippen molar-refractivity contribution in [2.75, 3.05) is 7.11 Å². The maximum absolute atomic E-state index is 13.4. The van der Waals surface area contributed by atoms with Gasteiger partial charge in [0.05, 0.1) is 34.4 Å². The Morgan fingerprint density at radius 1 is 1.13 bits per heavy atom. The van der Waals surface area contributed by atoms with E-state index in [1.807, 2.05) is 60.2 Å². The van der Waals surface area contributed by atoms with Crippen LogP contribution in [0.25, 0.3) is 17.3 Å². The highest BCUT2D eigenvalue weighted by Gasteiger charge is 2.23. The van der Waals surface area contributed by atoms with Crippen LogP contribution in [0, 0.1) is 13.8 Å². The van der Waals surface area contributed by atoms with Crippen molar-refractivity contribution in [2.45, 2.75) is 13.8 Å². The Morgan fingerprint density at radius 2 is 1.97 bits per heavy atom. The first-order valence-electron chi connectivity index (χ1n) is 9.96. The topological polar surface area (TPSA) is 70.2 Å². The molecule has 5 nitrogen and oxygen atoms in total. The maximum Gasteiger partial charge on any atom is 0.196 e. The monoisotopic (exact) mass is 427 g/mol. The fourth-order valence-electron chi connectivity index (χ4n) is 3.95. The fourth-order valence-corrected chi connectivity index (χ4v) is 4.58. The van der Waals surface area contributed by atoms with Crippen LogP contribution in [0.15, 0.2) is 58.2 Å². The number of benzene rings is 1. The molecule has 0 bridgehead atoms. The van der Waals surface area contributed by atoms with Crippen LogP contribution in [-0.4, -0.2) is 22.9 Å². The van der Waals surface area contributed by atoms with Gasteiger partial charge in [-0.25, -0.2) is 4.99 Å². The Labute approximate surface area is 182 Å². The highest BCUT2D eigenvalue weighted by atomic mass is 32.1. The van der Waals surface area contributed by atoms with Crippen LogP contribution in [0.3, 0.4) is 0 Å². The molecule has 154 valence electrons. The number of nitrogens with zero attached hydrogens (tertiary/aromatic N) is 1. The second kappa shape index (κ2) is 7.56. The number of aromatic amines is 2. The molecule has 2 N–H and O–H groups in total. The number of fused-ring (bicyclic) bond motifs is 1. The zero-order valence-electron chi connectivity index (χ0n) is 17.4. The molecule has 1 aliphatic heterocycles. The molecule has 0 aliphatic carbocycles. The van der Waals surface area contributed by atoms with Crippen LogP contribution in [0.4, 0.5) is 0 Å². The van der Waals surface area contributed by atoms with E-state index in [1.54, 1.807) is 7.11 Å². The van der Waals surface area contributed by atoms with E-state index in [-0.39, 0.29) is 5.78 Å². The molecule has 5 rings (SSSR count). The number of hydrogen-bond acceptors (Lipinski definition) is 4. The number of thiophene rings is 1. The van der Waals surface area contributed by atoms with Crippen molar-refractivity contribution in [3.63, 3.8) is 0 Å². The Hall–Kier alpha value is -3.64. The second-order valence-electron chi connectivity index (χ2n) is 7.55. The summed E-state index contributed by atoms with van der Waals surface area (Å²) in [6.07, 6.45) is 2.02. The van der Waals surface area contributed by atoms with Gasteiger partial charge < -0.3 is 14.7 Å². The summed E-state index contributed by atoms with van der Waals surface area (Å²) < 4.78 is 5.63. The Bertz CT molecular complexity index is 1550. The smallest absolute Gasteiger partial charge is 0.196 e. The van der Waals surface area contributed by atoms with E-state index in [2.05, 4.69) is 23.0 Å². The zero-order chi connectivity index (χ0) is 21.5. The second-order valence-corrected chi connectivity index (χ2v) is 8.33. The number of ketones is 1. The van der Waals surface area contributed by atoms with Crippen molar-refractivity contribution in [1.82, 2.24) is 9.97 Å². The average molecular weight is 428 g/mol. The van der Waals surface area contributed by atoms with E-state index in [0.717, 1.165) is 38.2 Å². The van der Waals surface area contributed by atoms with E-state index in [0.29, 0.717) is 22.6 Å². The number of aromatic nitrogens is 2. The first-order chi connectivity index (χ1) is 15.0. The summed E-state index contributed by atoms with van der Waals surface area (Å²) in [6, 6.07) is 13.6. The van der Waals surface area contributed by atoms with Gasteiger partial charge in [-0.2, -0.15) is 11.3 Å². The lowest BCUT2D eigenvalue weighted by molar-refractivity contribution is 0.105. The van der Waals surface area contributed by atoms with Gasteiger partial charge in [-0.3, -0.25) is 4.79 Å². The molecule has 4 aromatic rings. The molecule has 0 spiro atoms. The van der Waals surface area contributed by atoms with Crippen molar-refractivity contribution in [3.05, 3.63) is 97.0 Å². The standard InChI is InChI=1S/C25H21N3O2S/c1-14-10-15(2)26-19(14)11-20-22(30-3)12-21(27-20)24-23(25(29)16-8-9-31-13-16)17-6-4-5-7-18(17)28-24/h4-13,26-27H,1-3H3/b20-11?,24-21-. The van der Waals surface area contributed by atoms with Crippen molar-refractivity contribution in [1.29, 1.82) is 0 Å². The van der Waals surface area contributed by atoms with Crippen LogP contribution >= 0.6 is 11.3 Å². The summed E-state index contributed by atoms with van der Waals surface area (Å²) in [7, 11) is 1.64. The average Bonchev–Trinajstić information content (AvgIpc) is 3.53. The predicted octanol–water partition coefficient (Wildman–Crippen LogP) is 2.33. The van der Waals surface area contributed by atoms with Gasteiger partial charge in [-0.1, -0.05) is 18.2 Å². The van der Waals surface area contributed by atoms with E-state index >= 15 is 0 Å². The Kier molecular flexibility index (Phi) is 4.71. The van der Waals surface area contributed by atoms with Crippen molar-refractivity contribution in [3.8, 4) is 5.75 Å². The van der Waals surface area contributed by atoms with Gasteiger partial charge >= 0.3 is 0 Å². The van der Waals surface area contributed by atoms with E-state index in [4.69, 9.17) is 9.73 Å². The molecule has 0 saturated carbocycles. The van der Waals surface area contributed by atoms with E-state index in [1.165, 1.54) is 11.3 Å². The number of ether oxygens (including phenoxy) is 1. The summed E-state index contributed by atoms with van der Waals surface area (Å²) in [6.45, 7) is 4.10. The van der Waals surface area contributed by atoms with Gasteiger partial charge in [0.25, 0.3) is 0 Å². The molecule has 0 saturated heterocycles. The summed E-state index contributed by atoms with van der Waals surface area (Å²) in [5, 5.41) is 7.01. The minimum atomic E-state index is -0.0279. The third kappa shape index (κ3) is 3.35. The molecule has 6 heteroatoms. The molecule has 1 aromatic carbocycles. The molecule has 0 atom stereocenters. The number of hydrogen-bond donors (Lipinski definition) is 2. The van der Waals surface area contributed by atoms with Gasteiger partial charge in [0.15, 0.2) is 5.78 Å². The number of H-pyrrole nitrogens is 2. The maximum atomic E-state index is 13.4. The van der Waals surface area contributed by atoms with Crippen LogP contribution in [0.1, 0.15) is 27.3 Å². The Morgan fingerprint density at radius 3 is 2.68 bits per heavy atom. The number of para-hydroxylation sites is 1. The Balaban J connectivity index is 1.78. The fraction of sp³-hybridized carbons (Fsp3) is 0.120.